The van der Waals surface area contributed by atoms with Crippen LogP contribution < -0.4 is 4.90 Å². The lowest BCUT2D eigenvalue weighted by Gasteiger charge is -2.27. The van der Waals surface area contributed by atoms with E-state index in [1.54, 1.807) is 0 Å². The Kier molecular flexibility index (Phi) is 9.13. The van der Waals surface area contributed by atoms with Crippen LogP contribution in [0.15, 0.2) is 65.7 Å². The minimum Gasteiger partial charge on any atom is -0.330 e. The predicted molar refractivity (Wildman–Crippen MR) is 122 cm³/mol. The van der Waals surface area contributed by atoms with Crippen LogP contribution in [0.3, 0.4) is 0 Å². The smallest absolute Gasteiger partial charge is 0.103 e. The van der Waals surface area contributed by atoms with Crippen molar-refractivity contribution >= 4 is 11.5 Å². The molecule has 0 bridgehead atoms. The number of hydrogen-bond donors (Lipinski definition) is 0. The first-order chi connectivity index (χ1) is 13.9. The van der Waals surface area contributed by atoms with Gasteiger partial charge in [0.25, 0.3) is 0 Å². The first kappa shape index (κ1) is 20.6. The summed E-state index contributed by atoms with van der Waals surface area (Å²) in [7, 11) is 0. The summed E-state index contributed by atoms with van der Waals surface area (Å²) in [6, 6.07) is 21.7. The molecule has 3 rings (SSSR count). The molecular formula is C26H36N2. The number of anilines is 1. The molecule has 2 heteroatoms. The molecular weight excluding hydrogens is 340 g/mol. The topological polar surface area (TPSA) is 15.6 Å². The Morgan fingerprint density at radius 1 is 0.643 bits per heavy atom. The monoisotopic (exact) mass is 376 g/mol. The highest BCUT2D eigenvalue weighted by atomic mass is 15.2. The molecule has 0 amide bonds. The number of amidine groups is 1. The second kappa shape index (κ2) is 12.4. The molecule has 0 fully saturated rings. The van der Waals surface area contributed by atoms with E-state index in [1.165, 1.54) is 74.9 Å². The van der Waals surface area contributed by atoms with E-state index in [4.69, 9.17) is 4.99 Å². The van der Waals surface area contributed by atoms with Gasteiger partial charge in [0.05, 0.1) is 0 Å². The second-order valence-electron chi connectivity index (χ2n) is 7.95. The number of aliphatic imine (C=N–C) groups is 1. The fourth-order valence-electron chi connectivity index (χ4n) is 4.04. The van der Waals surface area contributed by atoms with Crippen LogP contribution in [0.25, 0.3) is 0 Å². The molecule has 0 atom stereocenters. The lowest BCUT2D eigenvalue weighted by Crippen LogP contribution is -2.33. The standard InChI is InChI=1S/C26H36N2/c1-2-4-6-14-20-26(27-22-15-7-5-3-1)28(25-18-12-9-13-19-25)23-21-24-16-10-8-11-17-24/h8-13,16-19H,1-7,14-15,20-23H2. The van der Waals surface area contributed by atoms with Crippen molar-refractivity contribution in [3.8, 4) is 0 Å². The number of rotatable bonds is 4. The van der Waals surface area contributed by atoms with E-state index in [9.17, 15) is 0 Å². The zero-order valence-electron chi connectivity index (χ0n) is 17.4. The van der Waals surface area contributed by atoms with E-state index in [0.29, 0.717) is 0 Å². The molecule has 1 aliphatic rings. The average Bonchev–Trinajstić information content (AvgIpc) is 2.77. The highest BCUT2D eigenvalue weighted by Crippen LogP contribution is 2.19. The largest absolute Gasteiger partial charge is 0.330 e. The molecule has 0 saturated carbocycles. The zero-order valence-corrected chi connectivity index (χ0v) is 17.4. The number of hydrogen-bond acceptors (Lipinski definition) is 2. The van der Waals surface area contributed by atoms with Gasteiger partial charge in [-0.05, 0) is 37.0 Å². The Labute approximate surface area is 171 Å². The summed E-state index contributed by atoms with van der Waals surface area (Å²) in [6.07, 6.45) is 14.3. The molecule has 0 unspecified atom stereocenters. The molecule has 0 radical (unpaired) electrons. The van der Waals surface area contributed by atoms with E-state index in [0.717, 1.165) is 25.9 Å². The van der Waals surface area contributed by atoms with Crippen molar-refractivity contribution in [1.82, 2.24) is 0 Å². The quantitative estimate of drug-likeness (QED) is 0.558. The molecule has 0 N–H and O–H groups in total. The lowest BCUT2D eigenvalue weighted by molar-refractivity contribution is 0.567. The number of benzene rings is 2. The van der Waals surface area contributed by atoms with Crippen molar-refractivity contribution in [3.05, 3.63) is 66.2 Å². The summed E-state index contributed by atoms with van der Waals surface area (Å²) in [5.74, 6) is 1.29. The molecule has 0 saturated heterocycles. The summed E-state index contributed by atoms with van der Waals surface area (Å²) in [4.78, 5) is 7.60. The predicted octanol–water partition coefficient (Wildman–Crippen LogP) is 7.05. The van der Waals surface area contributed by atoms with Gasteiger partial charge in [0, 0.05) is 25.2 Å². The molecule has 28 heavy (non-hydrogen) atoms. The number of para-hydroxylation sites is 1. The third-order valence-electron chi connectivity index (χ3n) is 5.70. The van der Waals surface area contributed by atoms with E-state index >= 15 is 0 Å². The summed E-state index contributed by atoms with van der Waals surface area (Å²) in [5.41, 5.74) is 2.68. The van der Waals surface area contributed by atoms with Crippen LogP contribution in [0.2, 0.25) is 0 Å². The van der Waals surface area contributed by atoms with Crippen molar-refractivity contribution < 1.29 is 0 Å². The van der Waals surface area contributed by atoms with Crippen molar-refractivity contribution in [1.29, 1.82) is 0 Å². The Bertz CT molecular complexity index is 678. The third-order valence-corrected chi connectivity index (χ3v) is 5.70. The van der Waals surface area contributed by atoms with Crippen LogP contribution in [0.5, 0.6) is 0 Å². The SMILES string of the molecule is c1ccc(CCN(C2=NCCCCCCCCCCC2)c2ccccc2)cc1. The van der Waals surface area contributed by atoms with E-state index in [1.807, 2.05) is 0 Å². The van der Waals surface area contributed by atoms with E-state index in [-0.39, 0.29) is 0 Å². The van der Waals surface area contributed by atoms with Gasteiger partial charge in [-0.1, -0.05) is 93.5 Å². The molecule has 150 valence electrons. The first-order valence-corrected chi connectivity index (χ1v) is 11.3. The molecule has 0 aliphatic carbocycles. The molecule has 2 nitrogen and oxygen atoms in total. The molecule has 1 aliphatic heterocycles. The maximum atomic E-state index is 5.12. The molecule has 2 aromatic rings. The molecule has 0 aromatic heterocycles. The first-order valence-electron chi connectivity index (χ1n) is 11.3. The van der Waals surface area contributed by atoms with Gasteiger partial charge in [0.2, 0.25) is 0 Å². The van der Waals surface area contributed by atoms with Crippen LogP contribution in [0, 0.1) is 0 Å². The Morgan fingerprint density at radius 3 is 1.89 bits per heavy atom. The fraction of sp³-hybridized carbons (Fsp3) is 0.500. The van der Waals surface area contributed by atoms with Gasteiger partial charge in [-0.2, -0.15) is 0 Å². The van der Waals surface area contributed by atoms with Crippen LogP contribution in [-0.4, -0.2) is 18.9 Å². The van der Waals surface area contributed by atoms with Crippen molar-refractivity contribution in [3.63, 3.8) is 0 Å². The van der Waals surface area contributed by atoms with Gasteiger partial charge in [0.1, 0.15) is 5.84 Å². The molecule has 0 spiro atoms. The summed E-state index contributed by atoms with van der Waals surface area (Å²) < 4.78 is 0. The van der Waals surface area contributed by atoms with Crippen molar-refractivity contribution in [2.75, 3.05) is 18.0 Å². The lowest BCUT2D eigenvalue weighted by atomic mass is 10.1. The van der Waals surface area contributed by atoms with Gasteiger partial charge in [-0.25, -0.2) is 0 Å². The van der Waals surface area contributed by atoms with Crippen LogP contribution in [0.4, 0.5) is 5.69 Å². The summed E-state index contributed by atoms with van der Waals surface area (Å²) in [6.45, 7) is 1.97. The molecule has 2 aromatic carbocycles. The number of nitrogens with zero attached hydrogens (tertiary/aromatic N) is 2. The highest BCUT2D eigenvalue weighted by molar-refractivity contribution is 5.97. The van der Waals surface area contributed by atoms with Gasteiger partial charge in [-0.15, -0.1) is 0 Å². The maximum absolute atomic E-state index is 5.12. The fourth-order valence-corrected chi connectivity index (χ4v) is 4.04. The summed E-state index contributed by atoms with van der Waals surface area (Å²) >= 11 is 0. The zero-order chi connectivity index (χ0) is 19.3. The van der Waals surface area contributed by atoms with Gasteiger partial charge in [0.15, 0.2) is 0 Å². The van der Waals surface area contributed by atoms with Crippen molar-refractivity contribution in [2.45, 2.75) is 70.6 Å². The Balaban J connectivity index is 1.74. The Hall–Kier alpha value is -2.09. The average molecular weight is 377 g/mol. The highest BCUT2D eigenvalue weighted by Gasteiger charge is 2.14. The van der Waals surface area contributed by atoms with Gasteiger partial charge in [-0.3, -0.25) is 4.99 Å². The van der Waals surface area contributed by atoms with E-state index < -0.39 is 0 Å². The summed E-state index contributed by atoms with van der Waals surface area (Å²) in [5, 5.41) is 0. The normalized spacial score (nSPS) is 16.9. The van der Waals surface area contributed by atoms with Crippen molar-refractivity contribution in [2.24, 2.45) is 4.99 Å². The molecule has 1 heterocycles. The van der Waals surface area contributed by atoms with Crippen LogP contribution >= 0.6 is 0 Å². The third kappa shape index (κ3) is 7.14. The Morgan fingerprint density at radius 2 is 1.21 bits per heavy atom. The van der Waals surface area contributed by atoms with E-state index in [2.05, 4.69) is 65.6 Å². The minimum absolute atomic E-state index is 0.976. The second-order valence-corrected chi connectivity index (χ2v) is 7.95. The van der Waals surface area contributed by atoms with Crippen LogP contribution in [0.1, 0.15) is 69.8 Å². The van der Waals surface area contributed by atoms with Gasteiger partial charge < -0.3 is 4.90 Å². The minimum atomic E-state index is 0.976. The van der Waals surface area contributed by atoms with Gasteiger partial charge >= 0.3 is 0 Å². The maximum Gasteiger partial charge on any atom is 0.103 e. The van der Waals surface area contributed by atoms with Crippen LogP contribution in [-0.2, 0) is 6.42 Å².